The van der Waals surface area contributed by atoms with Gasteiger partial charge in [-0.1, -0.05) is 46.9 Å². The van der Waals surface area contributed by atoms with Crippen LogP contribution in [0.3, 0.4) is 0 Å². The number of imidazole rings is 1. The molecule has 1 heterocycles. The van der Waals surface area contributed by atoms with Crippen LogP contribution >= 0.6 is 34.8 Å². The van der Waals surface area contributed by atoms with Gasteiger partial charge in [0, 0.05) is 0 Å². The fourth-order valence-electron chi connectivity index (χ4n) is 0.995. The number of ether oxygens (including phenoxy) is 1. The minimum atomic E-state index is -1.71. The SMILES string of the molecule is COC(=N)C(Cl)(Cl)Cl.c1ccc2[nH]cnc2c1. The van der Waals surface area contributed by atoms with Crippen molar-refractivity contribution in [3.63, 3.8) is 0 Å². The van der Waals surface area contributed by atoms with E-state index in [1.54, 1.807) is 6.33 Å². The molecule has 2 rings (SSSR count). The van der Waals surface area contributed by atoms with Gasteiger partial charge in [-0.2, -0.15) is 0 Å². The van der Waals surface area contributed by atoms with Crippen molar-refractivity contribution in [2.45, 2.75) is 3.79 Å². The lowest BCUT2D eigenvalue weighted by Gasteiger charge is -2.08. The number of nitrogens with one attached hydrogen (secondary N) is 2. The Morgan fingerprint density at radius 2 is 2.00 bits per heavy atom. The Labute approximate surface area is 113 Å². The van der Waals surface area contributed by atoms with Gasteiger partial charge < -0.3 is 9.72 Å². The average molecular weight is 295 g/mol. The van der Waals surface area contributed by atoms with Crippen LogP contribution in [0, 0.1) is 5.41 Å². The van der Waals surface area contributed by atoms with Crippen molar-refractivity contribution < 1.29 is 4.74 Å². The Balaban J connectivity index is 0.000000172. The number of aromatic nitrogens is 2. The molecule has 1 aromatic carbocycles. The highest BCUT2D eigenvalue weighted by atomic mass is 35.6. The molecule has 2 N–H and O–H groups in total. The largest absolute Gasteiger partial charge is 0.481 e. The summed E-state index contributed by atoms with van der Waals surface area (Å²) in [7, 11) is 1.27. The van der Waals surface area contributed by atoms with Crippen LogP contribution < -0.4 is 0 Å². The van der Waals surface area contributed by atoms with Crippen LogP contribution in [-0.4, -0.2) is 26.8 Å². The third-order valence-corrected chi connectivity index (χ3v) is 2.30. The molecule has 0 saturated heterocycles. The Morgan fingerprint density at radius 3 is 2.47 bits per heavy atom. The lowest BCUT2D eigenvalue weighted by molar-refractivity contribution is 0.391. The first-order valence-electron chi connectivity index (χ1n) is 4.53. The predicted octanol–water partition coefficient (Wildman–Crippen LogP) is 3.54. The molecule has 92 valence electrons. The van der Waals surface area contributed by atoms with Crippen molar-refractivity contribution in [2.24, 2.45) is 0 Å². The summed E-state index contributed by atoms with van der Waals surface area (Å²) in [6.45, 7) is 0. The molecule has 0 saturated carbocycles. The van der Waals surface area contributed by atoms with E-state index in [-0.39, 0.29) is 5.90 Å². The predicted molar refractivity (Wildman–Crippen MR) is 71.1 cm³/mol. The molecule has 0 amide bonds. The molecule has 0 aliphatic carbocycles. The Morgan fingerprint density at radius 1 is 1.35 bits per heavy atom. The minimum absolute atomic E-state index is 0.373. The summed E-state index contributed by atoms with van der Waals surface area (Å²) >= 11 is 15.5. The molecule has 0 radical (unpaired) electrons. The highest BCUT2D eigenvalue weighted by Gasteiger charge is 2.27. The van der Waals surface area contributed by atoms with Crippen molar-refractivity contribution in [2.75, 3.05) is 7.11 Å². The molecule has 4 nitrogen and oxygen atoms in total. The summed E-state index contributed by atoms with van der Waals surface area (Å²) in [4.78, 5) is 7.07. The van der Waals surface area contributed by atoms with Gasteiger partial charge in [0.2, 0.25) is 5.90 Å². The summed E-state index contributed by atoms with van der Waals surface area (Å²) < 4.78 is 2.59. The second-order valence-electron chi connectivity index (χ2n) is 2.95. The molecule has 7 heteroatoms. The number of para-hydroxylation sites is 2. The van der Waals surface area contributed by atoms with Crippen LogP contribution in [0.1, 0.15) is 0 Å². The molecule has 1 aromatic heterocycles. The molecule has 0 bridgehead atoms. The van der Waals surface area contributed by atoms with Gasteiger partial charge in [-0.15, -0.1) is 0 Å². The number of aromatic amines is 1. The lowest BCUT2D eigenvalue weighted by atomic mass is 10.3. The molecule has 17 heavy (non-hydrogen) atoms. The molecular weight excluding hydrogens is 284 g/mol. The van der Waals surface area contributed by atoms with E-state index in [1.165, 1.54) is 7.11 Å². The molecule has 0 unspecified atom stereocenters. The van der Waals surface area contributed by atoms with Gasteiger partial charge in [0.15, 0.2) is 0 Å². The highest BCUT2D eigenvalue weighted by Crippen LogP contribution is 2.26. The van der Waals surface area contributed by atoms with Crippen LogP contribution in [0.25, 0.3) is 11.0 Å². The molecule has 0 aliphatic heterocycles. The van der Waals surface area contributed by atoms with E-state index in [0.29, 0.717) is 0 Å². The smallest absolute Gasteiger partial charge is 0.265 e. The normalized spacial score (nSPS) is 10.6. The maximum absolute atomic E-state index is 6.77. The number of rotatable bonds is 0. The van der Waals surface area contributed by atoms with Gasteiger partial charge in [-0.3, -0.25) is 5.41 Å². The van der Waals surface area contributed by atoms with Crippen molar-refractivity contribution in [3.05, 3.63) is 30.6 Å². The third kappa shape index (κ3) is 4.42. The van der Waals surface area contributed by atoms with E-state index < -0.39 is 3.79 Å². The van der Waals surface area contributed by atoms with E-state index in [4.69, 9.17) is 40.2 Å². The zero-order valence-corrected chi connectivity index (χ0v) is 11.1. The van der Waals surface area contributed by atoms with Gasteiger partial charge in [0.05, 0.1) is 24.5 Å². The van der Waals surface area contributed by atoms with E-state index in [1.807, 2.05) is 24.3 Å². The average Bonchev–Trinajstić information content (AvgIpc) is 2.75. The standard InChI is InChI=1S/C7H6N2.C3H4Cl3NO/c1-2-4-7-6(3-1)8-5-9-7;1-8-2(7)3(4,5)6/h1-5H,(H,8,9);7H,1H3. The van der Waals surface area contributed by atoms with Crippen LogP contribution in [0.4, 0.5) is 0 Å². The third-order valence-electron chi connectivity index (χ3n) is 1.79. The van der Waals surface area contributed by atoms with Crippen molar-refractivity contribution in [3.8, 4) is 0 Å². The minimum Gasteiger partial charge on any atom is -0.481 e. The van der Waals surface area contributed by atoms with Crippen LogP contribution in [-0.2, 0) is 4.74 Å². The fourth-order valence-corrected chi connectivity index (χ4v) is 1.23. The van der Waals surface area contributed by atoms with Crippen LogP contribution in [0.15, 0.2) is 30.6 Å². The van der Waals surface area contributed by atoms with Crippen molar-refractivity contribution >= 4 is 51.7 Å². The van der Waals surface area contributed by atoms with E-state index in [9.17, 15) is 0 Å². The number of H-pyrrole nitrogens is 1. The zero-order chi connectivity index (χ0) is 12.9. The quantitative estimate of drug-likeness (QED) is 0.443. The molecule has 0 atom stereocenters. The maximum Gasteiger partial charge on any atom is 0.265 e. The van der Waals surface area contributed by atoms with E-state index in [0.717, 1.165) is 11.0 Å². The van der Waals surface area contributed by atoms with Gasteiger partial charge in [-0.05, 0) is 12.1 Å². The monoisotopic (exact) mass is 293 g/mol. The molecule has 2 aromatic rings. The number of halogens is 3. The number of methoxy groups -OCH3 is 1. The van der Waals surface area contributed by atoms with E-state index in [2.05, 4.69) is 14.7 Å². The zero-order valence-electron chi connectivity index (χ0n) is 8.88. The molecule has 0 spiro atoms. The first kappa shape index (κ1) is 14.1. The van der Waals surface area contributed by atoms with Gasteiger partial charge in [-0.25, -0.2) is 4.98 Å². The summed E-state index contributed by atoms with van der Waals surface area (Å²) in [6.07, 6.45) is 1.70. The Hall–Kier alpha value is -0.970. The van der Waals surface area contributed by atoms with Gasteiger partial charge in [0.25, 0.3) is 3.79 Å². The summed E-state index contributed by atoms with van der Waals surface area (Å²) in [6, 6.07) is 7.94. The van der Waals surface area contributed by atoms with Crippen molar-refractivity contribution in [1.29, 1.82) is 5.41 Å². The number of hydrogen-bond acceptors (Lipinski definition) is 3. The molecular formula is C10H10Cl3N3O. The summed E-state index contributed by atoms with van der Waals surface area (Å²) in [5.74, 6) is -0.373. The molecule has 0 aliphatic rings. The second-order valence-corrected chi connectivity index (χ2v) is 5.23. The Kier molecular flexibility index (Phi) is 5.05. The Bertz CT molecular complexity index is 463. The summed E-state index contributed by atoms with van der Waals surface area (Å²) in [5, 5.41) is 6.77. The number of fused-ring (bicyclic) bond motifs is 1. The highest BCUT2D eigenvalue weighted by molar-refractivity contribution is 6.75. The van der Waals surface area contributed by atoms with Crippen LogP contribution in [0.5, 0.6) is 0 Å². The number of benzene rings is 1. The van der Waals surface area contributed by atoms with Crippen LogP contribution in [0.2, 0.25) is 0 Å². The van der Waals surface area contributed by atoms with Gasteiger partial charge >= 0.3 is 0 Å². The summed E-state index contributed by atoms with van der Waals surface area (Å²) in [5.41, 5.74) is 2.12. The van der Waals surface area contributed by atoms with Crippen molar-refractivity contribution in [1.82, 2.24) is 9.97 Å². The first-order valence-corrected chi connectivity index (χ1v) is 5.66. The molecule has 0 fully saturated rings. The lowest BCUT2D eigenvalue weighted by Crippen LogP contribution is -2.18. The number of nitrogens with zero attached hydrogens (tertiary/aromatic N) is 1. The second kappa shape index (κ2) is 6.10. The topological polar surface area (TPSA) is 61.8 Å². The van der Waals surface area contributed by atoms with Gasteiger partial charge in [0.1, 0.15) is 0 Å². The number of alkyl halides is 3. The maximum atomic E-state index is 6.77. The fraction of sp³-hybridized carbons (Fsp3) is 0.200. The first-order chi connectivity index (χ1) is 7.95. The number of hydrogen-bond donors (Lipinski definition) is 2. The van der Waals surface area contributed by atoms with E-state index >= 15 is 0 Å².